The summed E-state index contributed by atoms with van der Waals surface area (Å²) in [6.07, 6.45) is 2.15. The molecule has 0 aliphatic rings. The third kappa shape index (κ3) is 4.21. The number of nitrogen functional groups attached to an aromatic ring is 2. The highest BCUT2D eigenvalue weighted by molar-refractivity contribution is 8.17. The van der Waals surface area contributed by atoms with Crippen LogP contribution in [0.4, 0.5) is 11.4 Å². The quantitative estimate of drug-likeness (QED) is 0.102. The van der Waals surface area contributed by atoms with Crippen molar-refractivity contribution in [2.45, 2.75) is 34.1 Å². The van der Waals surface area contributed by atoms with Gasteiger partial charge in [-0.3, -0.25) is 0 Å². The van der Waals surface area contributed by atoms with Gasteiger partial charge in [-0.25, -0.2) is 9.97 Å². The number of thioether (sulfide) groups is 2. The number of anilines is 2. The molecule has 6 rings (SSSR count). The largest absolute Gasteiger partial charge is 0.399 e. The van der Waals surface area contributed by atoms with Crippen LogP contribution in [-0.2, 0) is 0 Å². The fourth-order valence-electron chi connectivity index (χ4n) is 4.64. The van der Waals surface area contributed by atoms with E-state index in [1.165, 1.54) is 20.6 Å². The van der Waals surface area contributed by atoms with Crippen molar-refractivity contribution in [1.82, 2.24) is 9.97 Å². The van der Waals surface area contributed by atoms with Crippen molar-refractivity contribution in [2.75, 3.05) is 11.5 Å². The Morgan fingerprint density at radius 3 is 1.53 bits per heavy atom. The predicted octanol–water partition coefficient (Wildman–Crippen LogP) is 8.26. The van der Waals surface area contributed by atoms with Crippen LogP contribution in [0.5, 0.6) is 0 Å². The van der Waals surface area contributed by atoms with E-state index in [-0.39, 0.29) is 0 Å². The monoisotopic (exact) mass is 506 g/mol. The molecule has 2 aromatic heterocycles. The number of aromatic nitrogens is 2. The van der Waals surface area contributed by atoms with Crippen molar-refractivity contribution < 1.29 is 0 Å². The highest BCUT2D eigenvalue weighted by Crippen LogP contribution is 2.46. The molecule has 0 spiro atoms. The Labute approximate surface area is 218 Å². The number of nitrogens with zero attached hydrogens (tertiary/aromatic N) is 2. The molecule has 0 saturated heterocycles. The lowest BCUT2D eigenvalue weighted by Crippen LogP contribution is -2.00. The van der Waals surface area contributed by atoms with Gasteiger partial charge in [-0.05, 0) is 55.0 Å². The lowest BCUT2D eigenvalue weighted by Gasteiger charge is -2.20. The second-order valence-corrected chi connectivity index (χ2v) is 11.6. The topological polar surface area (TPSA) is 77.8 Å². The molecule has 4 N–H and O–H groups in total. The predicted molar refractivity (Wildman–Crippen MR) is 158 cm³/mol. The zero-order valence-electron chi connectivity index (χ0n) is 19.9. The maximum absolute atomic E-state index is 6.12. The van der Waals surface area contributed by atoms with Gasteiger partial charge in [0, 0.05) is 42.7 Å². The normalized spacial score (nSPS) is 11.8. The van der Waals surface area contributed by atoms with Gasteiger partial charge in [-0.1, -0.05) is 49.7 Å². The molecular formula is C30H26N4S2. The smallest absolute Gasteiger partial charge is 0.0741 e. The number of para-hydroxylation sites is 2. The molecule has 0 unspecified atom stereocenters. The lowest BCUT2D eigenvalue weighted by atomic mass is 10.1. The maximum atomic E-state index is 6.12. The lowest BCUT2D eigenvalue weighted by molar-refractivity contribution is 0.870. The molecule has 4 nitrogen and oxygen atoms in total. The average molecular weight is 507 g/mol. The molecule has 0 radical (unpaired) electrons. The fourth-order valence-corrected chi connectivity index (χ4v) is 7.84. The molecule has 0 saturated carbocycles. The molecule has 4 aromatic carbocycles. The SMILES string of the molecule is CCCC(Sc1c2ccccc2nc2cc(N)ccc12)Sc1c2ccccc2nc2cc(N)ccc12. The van der Waals surface area contributed by atoms with Crippen molar-refractivity contribution >= 4 is 78.5 Å². The van der Waals surface area contributed by atoms with E-state index in [2.05, 4.69) is 55.5 Å². The Balaban J connectivity index is 1.51. The molecule has 36 heavy (non-hydrogen) atoms. The summed E-state index contributed by atoms with van der Waals surface area (Å²) in [6, 6.07) is 28.9. The van der Waals surface area contributed by atoms with Crippen LogP contribution in [0.1, 0.15) is 19.8 Å². The minimum absolute atomic E-state index is 0.299. The molecule has 6 heteroatoms. The number of benzene rings is 4. The van der Waals surface area contributed by atoms with E-state index in [0.29, 0.717) is 4.58 Å². The third-order valence-electron chi connectivity index (χ3n) is 6.33. The fraction of sp³-hybridized carbons (Fsp3) is 0.133. The maximum Gasteiger partial charge on any atom is 0.0741 e. The van der Waals surface area contributed by atoms with Gasteiger partial charge < -0.3 is 11.5 Å². The molecule has 0 bridgehead atoms. The van der Waals surface area contributed by atoms with Gasteiger partial charge in [0.05, 0.1) is 26.6 Å². The summed E-state index contributed by atoms with van der Waals surface area (Å²) in [5.74, 6) is 0. The minimum Gasteiger partial charge on any atom is -0.399 e. The van der Waals surface area contributed by atoms with E-state index in [4.69, 9.17) is 21.4 Å². The van der Waals surface area contributed by atoms with Crippen molar-refractivity contribution in [1.29, 1.82) is 0 Å². The summed E-state index contributed by atoms with van der Waals surface area (Å²) in [4.78, 5) is 12.3. The zero-order valence-corrected chi connectivity index (χ0v) is 21.6. The average Bonchev–Trinajstić information content (AvgIpc) is 2.88. The molecular weight excluding hydrogens is 480 g/mol. The Bertz CT molecular complexity index is 1620. The van der Waals surface area contributed by atoms with Gasteiger partial charge in [0.25, 0.3) is 0 Å². The first-order valence-corrected chi connectivity index (χ1v) is 13.9. The van der Waals surface area contributed by atoms with Crippen LogP contribution in [0, 0.1) is 0 Å². The van der Waals surface area contributed by atoms with Gasteiger partial charge in [0.15, 0.2) is 0 Å². The van der Waals surface area contributed by atoms with Crippen molar-refractivity contribution in [3.63, 3.8) is 0 Å². The van der Waals surface area contributed by atoms with Crippen LogP contribution >= 0.6 is 23.5 Å². The number of rotatable bonds is 6. The molecule has 0 atom stereocenters. The van der Waals surface area contributed by atoms with Gasteiger partial charge >= 0.3 is 0 Å². The van der Waals surface area contributed by atoms with Crippen LogP contribution in [0.25, 0.3) is 43.6 Å². The first-order valence-electron chi connectivity index (χ1n) is 12.1. The molecule has 6 aromatic rings. The molecule has 2 heterocycles. The minimum atomic E-state index is 0.299. The van der Waals surface area contributed by atoms with E-state index in [1.807, 2.05) is 59.9 Å². The van der Waals surface area contributed by atoms with E-state index in [9.17, 15) is 0 Å². The molecule has 0 aliphatic heterocycles. The van der Waals surface area contributed by atoms with Crippen molar-refractivity contribution in [2.24, 2.45) is 0 Å². The zero-order chi connectivity index (χ0) is 24.6. The second-order valence-electron chi connectivity index (χ2n) is 8.92. The molecule has 0 fully saturated rings. The van der Waals surface area contributed by atoms with Gasteiger partial charge in [0.1, 0.15) is 0 Å². The summed E-state index contributed by atoms with van der Waals surface area (Å²) in [7, 11) is 0. The highest BCUT2D eigenvalue weighted by atomic mass is 32.2. The van der Waals surface area contributed by atoms with Crippen LogP contribution in [0.3, 0.4) is 0 Å². The Morgan fingerprint density at radius 2 is 1.06 bits per heavy atom. The molecule has 0 amide bonds. The van der Waals surface area contributed by atoms with E-state index < -0.39 is 0 Å². The Morgan fingerprint density at radius 1 is 0.611 bits per heavy atom. The summed E-state index contributed by atoms with van der Waals surface area (Å²) < 4.78 is 0.299. The van der Waals surface area contributed by atoms with Crippen molar-refractivity contribution in [3.05, 3.63) is 84.9 Å². The summed E-state index contributed by atoms with van der Waals surface area (Å²) in [5, 5.41) is 4.65. The van der Waals surface area contributed by atoms with Crippen molar-refractivity contribution in [3.8, 4) is 0 Å². The van der Waals surface area contributed by atoms with Gasteiger partial charge in [0.2, 0.25) is 0 Å². The molecule has 0 aliphatic carbocycles. The third-order valence-corrected chi connectivity index (χ3v) is 9.26. The number of hydrogen-bond acceptors (Lipinski definition) is 6. The Kier molecular flexibility index (Phi) is 6.07. The van der Waals surface area contributed by atoms with E-state index in [0.717, 1.165) is 57.1 Å². The number of nitrogens with two attached hydrogens (primary N) is 2. The van der Waals surface area contributed by atoms with Crippen LogP contribution in [0.15, 0.2) is 94.7 Å². The summed E-state index contributed by atoms with van der Waals surface area (Å²) in [6.45, 7) is 2.25. The first kappa shape index (κ1) is 23.0. The van der Waals surface area contributed by atoms with Gasteiger partial charge in [-0.2, -0.15) is 0 Å². The van der Waals surface area contributed by atoms with Gasteiger partial charge in [-0.15, -0.1) is 23.5 Å². The van der Waals surface area contributed by atoms with Crippen LogP contribution < -0.4 is 11.5 Å². The summed E-state index contributed by atoms with van der Waals surface area (Å²) in [5.41, 5.74) is 17.6. The van der Waals surface area contributed by atoms with E-state index in [1.54, 1.807) is 0 Å². The number of fused-ring (bicyclic) bond motifs is 4. The summed E-state index contributed by atoms with van der Waals surface area (Å²) >= 11 is 3.86. The first-order chi connectivity index (χ1) is 17.6. The van der Waals surface area contributed by atoms with Crippen LogP contribution in [0.2, 0.25) is 0 Å². The number of hydrogen-bond donors (Lipinski definition) is 2. The second kappa shape index (κ2) is 9.52. The standard InChI is InChI=1S/C30H26N4S2/c1-2-7-28(35-29-20-8-3-5-10-24(20)33-26-16-18(31)12-14-22(26)29)36-30-21-9-4-6-11-25(21)34-27-17-19(32)13-15-23(27)30/h3-6,8-17,28H,2,7,31-32H2,1H3. The highest BCUT2D eigenvalue weighted by Gasteiger charge is 2.20. The number of pyridine rings is 2. The van der Waals surface area contributed by atoms with E-state index >= 15 is 0 Å². The van der Waals surface area contributed by atoms with Crippen LogP contribution in [-0.4, -0.2) is 14.5 Å². The Hall–Kier alpha value is -3.48. The molecule has 178 valence electrons.